The van der Waals surface area contributed by atoms with Crippen molar-refractivity contribution in [3.63, 3.8) is 0 Å². The second-order valence-electron chi connectivity index (χ2n) is 6.93. The third-order valence-electron chi connectivity index (χ3n) is 5.12. The maximum absolute atomic E-state index is 11.8. The van der Waals surface area contributed by atoms with Crippen LogP contribution in [0.1, 0.15) is 31.7 Å². The van der Waals surface area contributed by atoms with E-state index in [0.29, 0.717) is 18.1 Å². The number of carbonyl (C=O) groups excluding carboxylic acids is 1. The molecule has 2 aliphatic heterocycles. The van der Waals surface area contributed by atoms with Gasteiger partial charge in [0.15, 0.2) is 0 Å². The fourth-order valence-corrected chi connectivity index (χ4v) is 3.93. The van der Waals surface area contributed by atoms with Gasteiger partial charge < -0.3 is 9.42 Å². The third kappa shape index (κ3) is 2.49. The topological polar surface area (TPSA) is 75.4 Å². The molecule has 0 saturated carbocycles. The summed E-state index contributed by atoms with van der Waals surface area (Å²) in [4.78, 5) is 24.6. The molecule has 4 rings (SSSR count). The van der Waals surface area contributed by atoms with Gasteiger partial charge >= 0.3 is 0 Å². The molecule has 4 heterocycles. The molecule has 2 fully saturated rings. The highest BCUT2D eigenvalue weighted by Crippen LogP contribution is 2.47. The van der Waals surface area contributed by atoms with Crippen LogP contribution in [0.15, 0.2) is 29.0 Å². The summed E-state index contributed by atoms with van der Waals surface area (Å²) in [5.74, 6) is 1.49. The summed E-state index contributed by atoms with van der Waals surface area (Å²) in [6.07, 6.45) is 4.97. The number of hydrogen-bond donors (Lipinski definition) is 0. The molecule has 24 heavy (non-hydrogen) atoms. The molecular weight excluding hydrogens is 306 g/mol. The number of nitrogens with zero attached hydrogens (tertiary/aromatic N) is 5. The van der Waals surface area contributed by atoms with Gasteiger partial charge in [0.1, 0.15) is 0 Å². The third-order valence-corrected chi connectivity index (χ3v) is 5.12. The van der Waals surface area contributed by atoms with Crippen molar-refractivity contribution in [1.82, 2.24) is 24.9 Å². The van der Waals surface area contributed by atoms with Crippen LogP contribution in [0.5, 0.6) is 0 Å². The highest BCUT2D eigenvalue weighted by atomic mass is 16.5. The first-order valence-corrected chi connectivity index (χ1v) is 8.32. The van der Waals surface area contributed by atoms with Crippen LogP contribution >= 0.6 is 0 Å². The Bertz CT molecular complexity index is 738. The van der Waals surface area contributed by atoms with Gasteiger partial charge in [-0.2, -0.15) is 4.98 Å². The van der Waals surface area contributed by atoms with Crippen LogP contribution in [0.4, 0.5) is 0 Å². The van der Waals surface area contributed by atoms with Crippen LogP contribution in [0.25, 0.3) is 11.4 Å². The Morgan fingerprint density at radius 1 is 1.33 bits per heavy atom. The van der Waals surface area contributed by atoms with Crippen molar-refractivity contribution in [2.75, 3.05) is 26.7 Å². The lowest BCUT2D eigenvalue weighted by atomic mass is 9.77. The molecule has 2 saturated heterocycles. The van der Waals surface area contributed by atoms with Crippen LogP contribution < -0.4 is 0 Å². The van der Waals surface area contributed by atoms with Gasteiger partial charge in [-0.15, -0.1) is 0 Å². The minimum absolute atomic E-state index is 0.118. The monoisotopic (exact) mass is 327 g/mol. The molecule has 126 valence electrons. The number of rotatable bonds is 3. The molecule has 1 atom stereocenters. The summed E-state index contributed by atoms with van der Waals surface area (Å²) < 4.78 is 5.53. The fraction of sp³-hybridized carbons (Fsp3) is 0.529. The molecule has 1 unspecified atom stereocenters. The van der Waals surface area contributed by atoms with Crippen LogP contribution in [-0.2, 0) is 4.79 Å². The quantitative estimate of drug-likeness (QED) is 0.855. The summed E-state index contributed by atoms with van der Waals surface area (Å²) >= 11 is 0. The van der Waals surface area contributed by atoms with Gasteiger partial charge in [0, 0.05) is 49.4 Å². The van der Waals surface area contributed by atoms with E-state index in [1.54, 1.807) is 12.4 Å². The predicted octanol–water partition coefficient (Wildman–Crippen LogP) is 1.75. The van der Waals surface area contributed by atoms with E-state index in [0.717, 1.165) is 31.6 Å². The predicted molar refractivity (Wildman–Crippen MR) is 86.8 cm³/mol. The Balaban J connectivity index is 1.48. The maximum Gasteiger partial charge on any atom is 0.244 e. The smallest absolute Gasteiger partial charge is 0.244 e. The average molecular weight is 327 g/mol. The van der Waals surface area contributed by atoms with Crippen molar-refractivity contribution in [2.24, 2.45) is 5.41 Å². The summed E-state index contributed by atoms with van der Waals surface area (Å²) in [6.45, 7) is 4.55. The Kier molecular flexibility index (Phi) is 3.60. The molecular formula is C17H21N5O2. The molecule has 0 radical (unpaired) electrons. The highest BCUT2D eigenvalue weighted by Gasteiger charge is 2.53. The number of likely N-dealkylation sites (tertiary alicyclic amines) is 2. The van der Waals surface area contributed by atoms with Crippen molar-refractivity contribution in [2.45, 2.75) is 25.8 Å². The van der Waals surface area contributed by atoms with Gasteiger partial charge in [-0.1, -0.05) is 12.1 Å². The first-order chi connectivity index (χ1) is 11.6. The Labute approximate surface area is 140 Å². The standard InChI is InChI=1S/C17H21N5O2/c1-3-14(23)22-10-17(11-22)8-13(21(2)9-17)16-19-15(20-24-16)12-4-6-18-7-5-12/h4-7,13H,3,8-11H2,1-2H3. The Morgan fingerprint density at radius 3 is 2.79 bits per heavy atom. The van der Waals surface area contributed by atoms with Gasteiger partial charge in [0.05, 0.1) is 6.04 Å². The minimum Gasteiger partial charge on any atom is -0.341 e. The van der Waals surface area contributed by atoms with E-state index >= 15 is 0 Å². The van der Waals surface area contributed by atoms with Gasteiger partial charge in [0.2, 0.25) is 17.6 Å². The molecule has 1 amide bonds. The number of aromatic nitrogens is 3. The number of carbonyl (C=O) groups is 1. The first kappa shape index (κ1) is 15.3. The number of amides is 1. The SMILES string of the molecule is CCC(=O)N1CC2(CC(c3nc(-c4ccncc4)no3)N(C)C2)C1. The largest absolute Gasteiger partial charge is 0.341 e. The molecule has 0 aromatic carbocycles. The molecule has 7 nitrogen and oxygen atoms in total. The van der Waals surface area contributed by atoms with Crippen LogP contribution in [0, 0.1) is 5.41 Å². The average Bonchev–Trinajstić information content (AvgIpc) is 3.18. The van der Waals surface area contributed by atoms with Crippen molar-refractivity contribution >= 4 is 5.91 Å². The van der Waals surface area contributed by atoms with E-state index in [-0.39, 0.29) is 17.4 Å². The highest BCUT2D eigenvalue weighted by molar-refractivity contribution is 5.77. The van der Waals surface area contributed by atoms with Gasteiger partial charge in [0.25, 0.3) is 0 Å². The van der Waals surface area contributed by atoms with Crippen molar-refractivity contribution in [3.05, 3.63) is 30.4 Å². The van der Waals surface area contributed by atoms with Crippen molar-refractivity contribution < 1.29 is 9.32 Å². The molecule has 0 N–H and O–H groups in total. The first-order valence-electron chi connectivity index (χ1n) is 8.32. The van der Waals surface area contributed by atoms with Gasteiger partial charge in [-0.05, 0) is 25.6 Å². The lowest BCUT2D eigenvalue weighted by Crippen LogP contribution is -2.59. The molecule has 7 heteroatoms. The van der Waals surface area contributed by atoms with Crippen molar-refractivity contribution in [1.29, 1.82) is 0 Å². The van der Waals surface area contributed by atoms with Crippen LogP contribution in [-0.4, -0.2) is 57.5 Å². The lowest BCUT2D eigenvalue weighted by Gasteiger charge is -2.48. The summed E-state index contributed by atoms with van der Waals surface area (Å²) in [6, 6.07) is 3.86. The Hall–Kier alpha value is -2.28. The van der Waals surface area contributed by atoms with Crippen LogP contribution in [0.2, 0.25) is 0 Å². The molecule has 2 aromatic rings. The number of hydrogen-bond acceptors (Lipinski definition) is 6. The molecule has 0 aliphatic carbocycles. The van der Waals surface area contributed by atoms with Gasteiger partial charge in [-0.25, -0.2) is 0 Å². The zero-order chi connectivity index (χ0) is 16.7. The summed E-state index contributed by atoms with van der Waals surface area (Å²) in [5, 5.41) is 4.11. The zero-order valence-corrected chi connectivity index (χ0v) is 14.0. The molecule has 1 spiro atoms. The van der Waals surface area contributed by atoms with Gasteiger partial charge in [-0.3, -0.25) is 14.7 Å². The van der Waals surface area contributed by atoms with E-state index in [1.165, 1.54) is 0 Å². The minimum atomic E-state index is 0.118. The van der Waals surface area contributed by atoms with E-state index in [2.05, 4.69) is 27.1 Å². The normalized spacial score (nSPS) is 22.8. The lowest BCUT2D eigenvalue weighted by molar-refractivity contribution is -0.142. The zero-order valence-electron chi connectivity index (χ0n) is 14.0. The number of pyridine rings is 1. The van der Waals surface area contributed by atoms with E-state index in [1.807, 2.05) is 24.0 Å². The van der Waals surface area contributed by atoms with E-state index in [4.69, 9.17) is 4.52 Å². The van der Waals surface area contributed by atoms with E-state index < -0.39 is 0 Å². The molecule has 2 aliphatic rings. The molecule has 2 aromatic heterocycles. The fourth-order valence-electron chi connectivity index (χ4n) is 3.93. The Morgan fingerprint density at radius 2 is 2.08 bits per heavy atom. The second kappa shape index (κ2) is 5.66. The summed E-state index contributed by atoms with van der Waals surface area (Å²) in [5.41, 5.74) is 1.08. The van der Waals surface area contributed by atoms with E-state index in [9.17, 15) is 4.79 Å². The van der Waals surface area contributed by atoms with Crippen molar-refractivity contribution in [3.8, 4) is 11.4 Å². The summed E-state index contributed by atoms with van der Waals surface area (Å²) in [7, 11) is 2.08. The maximum atomic E-state index is 11.8. The second-order valence-corrected chi connectivity index (χ2v) is 6.93. The molecule has 0 bridgehead atoms. The van der Waals surface area contributed by atoms with Crippen LogP contribution in [0.3, 0.4) is 0 Å².